The number of aromatic amines is 1. The van der Waals surface area contributed by atoms with Gasteiger partial charge >= 0.3 is 5.69 Å². The quantitative estimate of drug-likeness (QED) is 0.507. The van der Waals surface area contributed by atoms with Gasteiger partial charge in [-0.05, 0) is 41.3 Å². The number of nitrogens with zero attached hydrogens (tertiary/aromatic N) is 6. The molecule has 0 spiro atoms. The molecule has 3 rings (SSSR count). The molecule has 0 radical (unpaired) electrons. The number of hydrogen-bond donors (Lipinski definition) is 2. The van der Waals surface area contributed by atoms with Gasteiger partial charge in [0.05, 0.1) is 12.2 Å². The van der Waals surface area contributed by atoms with Crippen molar-refractivity contribution in [3.05, 3.63) is 57.0 Å². The Morgan fingerprint density at radius 1 is 1.19 bits per heavy atom. The number of hydrogen-bond acceptors (Lipinski definition) is 7. The summed E-state index contributed by atoms with van der Waals surface area (Å²) in [5, 5.41) is 12.1. The van der Waals surface area contributed by atoms with Crippen LogP contribution in [-0.4, -0.2) is 36.3 Å². The molecule has 31 heavy (non-hydrogen) atoms. The van der Waals surface area contributed by atoms with Crippen LogP contribution in [0.1, 0.15) is 45.9 Å². The summed E-state index contributed by atoms with van der Waals surface area (Å²) < 4.78 is 3.07. The van der Waals surface area contributed by atoms with Gasteiger partial charge < -0.3 is 10.6 Å². The van der Waals surface area contributed by atoms with Gasteiger partial charge in [0.1, 0.15) is 11.5 Å². The molecule has 3 aromatic rings. The smallest absolute Gasteiger partial charge is 0.330 e. The normalized spacial score (nSPS) is 11.2. The van der Waals surface area contributed by atoms with Crippen molar-refractivity contribution in [1.29, 1.82) is 0 Å². The molecule has 0 atom stereocenters. The number of rotatable bonds is 10. The zero-order valence-corrected chi connectivity index (χ0v) is 18.3. The maximum atomic E-state index is 12.8. The van der Waals surface area contributed by atoms with E-state index in [0.717, 1.165) is 24.9 Å². The van der Waals surface area contributed by atoms with Crippen molar-refractivity contribution in [2.24, 2.45) is 5.92 Å². The fourth-order valence-electron chi connectivity index (χ4n) is 3.35. The van der Waals surface area contributed by atoms with Crippen molar-refractivity contribution in [3.63, 3.8) is 0 Å². The number of H-pyrrole nitrogens is 1. The van der Waals surface area contributed by atoms with E-state index in [-0.39, 0.29) is 18.1 Å². The number of aromatic nitrogens is 6. The first-order valence-corrected chi connectivity index (χ1v) is 10.6. The fourth-order valence-corrected chi connectivity index (χ4v) is 3.35. The molecule has 0 saturated heterocycles. The lowest BCUT2D eigenvalue weighted by Gasteiger charge is -2.26. The number of nitrogens with one attached hydrogen (secondary N) is 1. The molecule has 10 heteroatoms. The third kappa shape index (κ3) is 5.19. The SMILES string of the molecule is CCCCn1c(N)c(N(CCC(C)C)Cc2nnnn2-c2ccccc2)c(=O)[nH]c1=O. The molecule has 0 fully saturated rings. The number of unbranched alkanes of at least 4 members (excludes halogenated alkanes) is 1. The summed E-state index contributed by atoms with van der Waals surface area (Å²) in [6.45, 7) is 7.55. The summed E-state index contributed by atoms with van der Waals surface area (Å²) >= 11 is 0. The van der Waals surface area contributed by atoms with E-state index in [4.69, 9.17) is 5.73 Å². The molecule has 0 saturated carbocycles. The van der Waals surface area contributed by atoms with E-state index in [0.29, 0.717) is 24.8 Å². The van der Waals surface area contributed by atoms with E-state index in [1.807, 2.05) is 42.2 Å². The highest BCUT2D eigenvalue weighted by Gasteiger charge is 2.22. The predicted octanol–water partition coefficient (Wildman–Crippen LogP) is 1.95. The van der Waals surface area contributed by atoms with Gasteiger partial charge in [0.25, 0.3) is 5.56 Å². The molecule has 2 heterocycles. The summed E-state index contributed by atoms with van der Waals surface area (Å²) in [6.07, 6.45) is 2.52. The Morgan fingerprint density at radius 3 is 2.61 bits per heavy atom. The molecule has 2 aromatic heterocycles. The maximum absolute atomic E-state index is 12.8. The van der Waals surface area contributed by atoms with E-state index in [1.165, 1.54) is 4.57 Å². The fraction of sp³-hybridized carbons (Fsp3) is 0.476. The van der Waals surface area contributed by atoms with Crippen molar-refractivity contribution in [1.82, 2.24) is 29.8 Å². The van der Waals surface area contributed by atoms with Gasteiger partial charge in [-0.1, -0.05) is 45.4 Å². The molecule has 0 aliphatic rings. The number of nitrogen functional groups attached to an aromatic ring is 1. The van der Waals surface area contributed by atoms with Crippen LogP contribution in [0.15, 0.2) is 39.9 Å². The van der Waals surface area contributed by atoms with E-state index in [9.17, 15) is 9.59 Å². The molecule has 0 amide bonds. The summed E-state index contributed by atoms with van der Waals surface area (Å²) in [4.78, 5) is 29.4. The molecule has 0 aliphatic carbocycles. The van der Waals surface area contributed by atoms with Crippen LogP contribution in [0.4, 0.5) is 11.5 Å². The van der Waals surface area contributed by atoms with Crippen LogP contribution in [0, 0.1) is 5.92 Å². The van der Waals surface area contributed by atoms with Gasteiger partial charge in [-0.3, -0.25) is 14.3 Å². The Hall–Kier alpha value is -3.43. The molecular formula is C21H30N8O2. The van der Waals surface area contributed by atoms with E-state index >= 15 is 0 Å². The molecule has 0 bridgehead atoms. The second kappa shape index (κ2) is 10.1. The number of tetrazole rings is 1. The minimum Gasteiger partial charge on any atom is -0.383 e. The zero-order valence-electron chi connectivity index (χ0n) is 18.3. The zero-order chi connectivity index (χ0) is 22.4. The first-order chi connectivity index (χ1) is 14.9. The highest BCUT2D eigenvalue weighted by molar-refractivity contribution is 5.62. The number of benzene rings is 1. The highest BCUT2D eigenvalue weighted by Crippen LogP contribution is 2.21. The standard InChI is InChI=1S/C21H30N8O2/c1-4-5-12-28-19(22)18(20(30)23-21(28)31)27(13-11-15(2)3)14-17-24-25-26-29(17)16-9-7-6-8-10-16/h6-10,15H,4-5,11-14,22H2,1-3H3,(H,23,30,31). The van der Waals surface area contributed by atoms with Crippen LogP contribution in [0.5, 0.6) is 0 Å². The first-order valence-electron chi connectivity index (χ1n) is 10.6. The molecule has 3 N–H and O–H groups in total. The Labute approximate surface area is 180 Å². The molecule has 0 aliphatic heterocycles. The van der Waals surface area contributed by atoms with Gasteiger partial charge in [0, 0.05) is 13.1 Å². The van der Waals surface area contributed by atoms with Crippen molar-refractivity contribution >= 4 is 11.5 Å². The average molecular weight is 427 g/mol. The summed E-state index contributed by atoms with van der Waals surface area (Å²) in [7, 11) is 0. The lowest BCUT2D eigenvalue weighted by molar-refractivity contribution is 0.559. The number of anilines is 2. The van der Waals surface area contributed by atoms with Crippen LogP contribution < -0.4 is 21.9 Å². The second-order valence-electron chi connectivity index (χ2n) is 7.94. The summed E-state index contributed by atoms with van der Waals surface area (Å²) in [5.74, 6) is 1.16. The second-order valence-corrected chi connectivity index (χ2v) is 7.94. The minimum atomic E-state index is -0.502. The Kier molecular flexibility index (Phi) is 7.22. The van der Waals surface area contributed by atoms with Crippen LogP contribution in [0.25, 0.3) is 5.69 Å². The van der Waals surface area contributed by atoms with Crippen molar-refractivity contribution < 1.29 is 0 Å². The van der Waals surface area contributed by atoms with E-state index < -0.39 is 11.2 Å². The first kappa shape index (κ1) is 22.3. The van der Waals surface area contributed by atoms with Crippen molar-refractivity contribution in [2.75, 3.05) is 17.2 Å². The van der Waals surface area contributed by atoms with Gasteiger partial charge in [-0.2, -0.15) is 4.68 Å². The topological polar surface area (TPSA) is 128 Å². The van der Waals surface area contributed by atoms with Crippen LogP contribution >= 0.6 is 0 Å². The molecule has 166 valence electrons. The monoisotopic (exact) mass is 426 g/mol. The van der Waals surface area contributed by atoms with Crippen molar-refractivity contribution in [2.45, 2.75) is 53.1 Å². The van der Waals surface area contributed by atoms with Gasteiger partial charge in [-0.25, -0.2) is 4.79 Å². The van der Waals surface area contributed by atoms with Gasteiger partial charge in [0.2, 0.25) is 0 Å². The largest absolute Gasteiger partial charge is 0.383 e. The van der Waals surface area contributed by atoms with Gasteiger partial charge in [0.15, 0.2) is 5.82 Å². The van der Waals surface area contributed by atoms with E-state index in [1.54, 1.807) is 4.68 Å². The average Bonchev–Trinajstić information content (AvgIpc) is 3.20. The molecular weight excluding hydrogens is 396 g/mol. The lowest BCUT2D eigenvalue weighted by Crippen LogP contribution is -2.39. The Balaban J connectivity index is 2.03. The Morgan fingerprint density at radius 2 is 1.94 bits per heavy atom. The van der Waals surface area contributed by atoms with Crippen LogP contribution in [0.3, 0.4) is 0 Å². The molecule has 1 aromatic carbocycles. The maximum Gasteiger partial charge on any atom is 0.330 e. The molecule has 0 unspecified atom stereocenters. The summed E-state index contributed by atoms with van der Waals surface area (Å²) in [6, 6.07) is 9.55. The predicted molar refractivity (Wildman–Crippen MR) is 120 cm³/mol. The van der Waals surface area contributed by atoms with E-state index in [2.05, 4.69) is 34.4 Å². The number of nitrogens with two attached hydrogens (primary N) is 1. The summed E-state index contributed by atoms with van der Waals surface area (Å²) in [5.41, 5.74) is 6.46. The highest BCUT2D eigenvalue weighted by atomic mass is 16.2. The Bertz CT molecular complexity index is 1100. The third-order valence-corrected chi connectivity index (χ3v) is 5.11. The minimum absolute atomic E-state index is 0.171. The van der Waals surface area contributed by atoms with Crippen LogP contribution in [0.2, 0.25) is 0 Å². The van der Waals surface area contributed by atoms with Gasteiger partial charge in [-0.15, -0.1) is 5.10 Å². The number of para-hydroxylation sites is 1. The van der Waals surface area contributed by atoms with Crippen molar-refractivity contribution in [3.8, 4) is 5.69 Å². The third-order valence-electron chi connectivity index (χ3n) is 5.11. The van der Waals surface area contributed by atoms with Crippen LogP contribution in [-0.2, 0) is 13.1 Å². The molecule has 10 nitrogen and oxygen atoms in total. The lowest BCUT2D eigenvalue weighted by atomic mass is 10.1.